The topological polar surface area (TPSA) is 46.2 Å². The van der Waals surface area contributed by atoms with Gasteiger partial charge < -0.3 is 0 Å². The third-order valence-electron chi connectivity index (χ3n) is 2.93. The molecule has 0 amide bonds. The van der Waals surface area contributed by atoms with E-state index in [-0.39, 0.29) is 17.7 Å². The summed E-state index contributed by atoms with van der Waals surface area (Å²) in [4.78, 5) is 0. The second kappa shape index (κ2) is 7.22. The molecule has 3 atom stereocenters. The number of rotatable bonds is 7. The molecule has 1 aliphatic carbocycles. The molecule has 17 heavy (non-hydrogen) atoms. The average molecular weight is 300 g/mol. The van der Waals surface area contributed by atoms with Crippen molar-refractivity contribution in [3.8, 4) is 0 Å². The molecule has 0 heterocycles. The minimum atomic E-state index is -3.18. The number of sulfonamides is 1. The fourth-order valence-electron chi connectivity index (χ4n) is 2.17. The molecule has 0 saturated heterocycles. The zero-order valence-electron chi connectivity index (χ0n) is 10.5. The van der Waals surface area contributed by atoms with Crippen LogP contribution in [-0.4, -0.2) is 37.1 Å². The van der Waals surface area contributed by atoms with Gasteiger partial charge in [0.05, 0.1) is 5.75 Å². The van der Waals surface area contributed by atoms with Gasteiger partial charge in [-0.25, -0.2) is 13.1 Å². The number of hydrogen-bond acceptors (Lipinski definition) is 3. The van der Waals surface area contributed by atoms with Crippen LogP contribution in [0.5, 0.6) is 0 Å². The second-order valence-electron chi connectivity index (χ2n) is 4.69. The predicted molar refractivity (Wildman–Crippen MR) is 76.4 cm³/mol. The molecule has 3 unspecified atom stereocenters. The van der Waals surface area contributed by atoms with E-state index in [2.05, 4.69) is 11.6 Å². The normalized spacial score (nSPS) is 27.2. The van der Waals surface area contributed by atoms with E-state index < -0.39 is 10.0 Å². The molecule has 6 heteroatoms. The SMILES string of the molecule is CCSC1CCCC1NS(=O)(=O)CC(C)CCl. The summed E-state index contributed by atoms with van der Waals surface area (Å²) < 4.78 is 26.7. The van der Waals surface area contributed by atoms with Crippen LogP contribution in [0.25, 0.3) is 0 Å². The highest BCUT2D eigenvalue weighted by Gasteiger charge is 2.30. The number of halogens is 1. The van der Waals surface area contributed by atoms with Gasteiger partial charge in [0, 0.05) is 17.2 Å². The molecule has 1 N–H and O–H groups in total. The molecular formula is C11H22ClNO2S2. The summed E-state index contributed by atoms with van der Waals surface area (Å²) in [5.41, 5.74) is 0. The second-order valence-corrected chi connectivity index (χ2v) is 8.31. The minimum absolute atomic E-state index is 0.00727. The van der Waals surface area contributed by atoms with Crippen LogP contribution in [0.3, 0.4) is 0 Å². The first-order chi connectivity index (χ1) is 7.98. The lowest BCUT2D eigenvalue weighted by atomic mass is 10.3. The lowest BCUT2D eigenvalue weighted by Crippen LogP contribution is -2.41. The zero-order chi connectivity index (χ0) is 12.9. The molecule has 3 nitrogen and oxygen atoms in total. The fraction of sp³-hybridized carbons (Fsp3) is 1.00. The highest BCUT2D eigenvalue weighted by atomic mass is 35.5. The lowest BCUT2D eigenvalue weighted by Gasteiger charge is -2.21. The van der Waals surface area contributed by atoms with E-state index in [0.29, 0.717) is 11.1 Å². The van der Waals surface area contributed by atoms with Crippen molar-refractivity contribution in [1.29, 1.82) is 0 Å². The molecule has 0 aromatic carbocycles. The Bertz CT molecular complexity index is 321. The van der Waals surface area contributed by atoms with Crippen molar-refractivity contribution in [1.82, 2.24) is 4.72 Å². The van der Waals surface area contributed by atoms with Gasteiger partial charge in [-0.1, -0.05) is 20.3 Å². The molecule has 102 valence electrons. The molecule has 1 saturated carbocycles. The Morgan fingerprint density at radius 2 is 2.18 bits per heavy atom. The maximum absolute atomic E-state index is 11.9. The van der Waals surface area contributed by atoms with Gasteiger partial charge in [0.2, 0.25) is 10.0 Å². The molecule has 0 aliphatic heterocycles. The van der Waals surface area contributed by atoms with Gasteiger partial charge in [0.25, 0.3) is 0 Å². The first-order valence-electron chi connectivity index (χ1n) is 6.16. The summed E-state index contributed by atoms with van der Waals surface area (Å²) in [5, 5.41) is 0.445. The minimum Gasteiger partial charge on any atom is -0.212 e. The summed E-state index contributed by atoms with van der Waals surface area (Å²) in [6, 6.07) is 0.118. The van der Waals surface area contributed by atoms with Gasteiger partial charge in [-0.3, -0.25) is 0 Å². The summed E-state index contributed by atoms with van der Waals surface area (Å²) >= 11 is 7.52. The quantitative estimate of drug-likeness (QED) is 0.735. The Hall–Kier alpha value is 0.550. The molecule has 0 bridgehead atoms. The molecule has 0 spiro atoms. The van der Waals surface area contributed by atoms with Crippen LogP contribution >= 0.6 is 23.4 Å². The molecule has 0 aromatic rings. The van der Waals surface area contributed by atoms with E-state index in [1.54, 1.807) is 0 Å². The van der Waals surface area contributed by atoms with Crippen LogP contribution in [0.15, 0.2) is 0 Å². The molecule has 0 aromatic heterocycles. The monoisotopic (exact) mass is 299 g/mol. The van der Waals surface area contributed by atoms with Crippen molar-refractivity contribution in [2.45, 2.75) is 44.4 Å². The molecule has 0 radical (unpaired) electrons. The van der Waals surface area contributed by atoms with Gasteiger partial charge in [-0.2, -0.15) is 11.8 Å². The Balaban J connectivity index is 2.51. The highest BCUT2D eigenvalue weighted by Crippen LogP contribution is 2.30. The van der Waals surface area contributed by atoms with Crippen molar-refractivity contribution in [3.63, 3.8) is 0 Å². The third-order valence-corrected chi connectivity index (χ3v) is 6.45. The van der Waals surface area contributed by atoms with Crippen LogP contribution < -0.4 is 4.72 Å². The van der Waals surface area contributed by atoms with Crippen molar-refractivity contribution in [2.75, 3.05) is 17.4 Å². The van der Waals surface area contributed by atoms with Crippen LogP contribution in [-0.2, 0) is 10.0 Å². The van der Waals surface area contributed by atoms with Crippen LogP contribution in [0.4, 0.5) is 0 Å². The van der Waals surface area contributed by atoms with Gasteiger partial charge in [-0.15, -0.1) is 11.6 Å². The lowest BCUT2D eigenvalue weighted by molar-refractivity contribution is 0.545. The van der Waals surface area contributed by atoms with Crippen molar-refractivity contribution in [3.05, 3.63) is 0 Å². The first-order valence-corrected chi connectivity index (χ1v) is 9.39. The van der Waals surface area contributed by atoms with E-state index in [0.717, 1.165) is 25.0 Å². The first kappa shape index (κ1) is 15.6. The van der Waals surface area contributed by atoms with E-state index in [9.17, 15) is 8.42 Å². The fourth-order valence-corrected chi connectivity index (χ4v) is 5.40. The molecule has 1 rings (SSSR count). The number of hydrogen-bond donors (Lipinski definition) is 1. The number of alkyl halides is 1. The van der Waals surface area contributed by atoms with Gasteiger partial charge in [0.1, 0.15) is 0 Å². The van der Waals surface area contributed by atoms with Gasteiger partial charge in [-0.05, 0) is 24.5 Å². The van der Waals surface area contributed by atoms with Crippen LogP contribution in [0, 0.1) is 5.92 Å². The average Bonchev–Trinajstić information content (AvgIpc) is 2.65. The Morgan fingerprint density at radius 1 is 1.47 bits per heavy atom. The van der Waals surface area contributed by atoms with Crippen molar-refractivity contribution >= 4 is 33.4 Å². The Kier molecular flexibility index (Phi) is 6.62. The van der Waals surface area contributed by atoms with E-state index in [4.69, 9.17) is 11.6 Å². The Labute approximate surface area is 114 Å². The summed E-state index contributed by atoms with van der Waals surface area (Å²) in [5.74, 6) is 1.57. The maximum Gasteiger partial charge on any atom is 0.212 e. The van der Waals surface area contributed by atoms with Gasteiger partial charge in [0.15, 0.2) is 0 Å². The molecule has 1 fully saturated rings. The third kappa shape index (κ3) is 5.37. The van der Waals surface area contributed by atoms with Crippen molar-refractivity contribution in [2.24, 2.45) is 5.92 Å². The summed E-state index contributed by atoms with van der Waals surface area (Å²) in [6.45, 7) is 3.98. The largest absolute Gasteiger partial charge is 0.212 e. The number of thioether (sulfide) groups is 1. The van der Waals surface area contributed by atoms with E-state index in [1.165, 1.54) is 0 Å². The molecule has 1 aliphatic rings. The van der Waals surface area contributed by atoms with Crippen LogP contribution in [0.1, 0.15) is 33.1 Å². The van der Waals surface area contributed by atoms with Gasteiger partial charge >= 0.3 is 0 Å². The smallest absolute Gasteiger partial charge is 0.212 e. The van der Waals surface area contributed by atoms with Crippen molar-refractivity contribution < 1.29 is 8.42 Å². The Morgan fingerprint density at radius 3 is 2.76 bits per heavy atom. The van der Waals surface area contributed by atoms with E-state index in [1.807, 2.05) is 18.7 Å². The zero-order valence-corrected chi connectivity index (χ0v) is 12.9. The summed E-state index contributed by atoms with van der Waals surface area (Å²) in [6.07, 6.45) is 3.21. The highest BCUT2D eigenvalue weighted by molar-refractivity contribution is 8.00. The van der Waals surface area contributed by atoms with Crippen LogP contribution in [0.2, 0.25) is 0 Å². The molecular weight excluding hydrogens is 278 g/mol. The van der Waals surface area contributed by atoms with E-state index >= 15 is 0 Å². The predicted octanol–water partition coefficient (Wildman–Crippen LogP) is 2.45. The maximum atomic E-state index is 11.9. The standard InChI is InChI=1S/C11H22ClNO2S2/c1-3-16-11-6-4-5-10(11)13-17(14,15)8-9(2)7-12/h9-11,13H,3-8H2,1-2H3. The number of nitrogens with one attached hydrogen (secondary N) is 1. The summed E-state index contributed by atoms with van der Waals surface area (Å²) in [7, 11) is -3.18.